The molecule has 0 bridgehead atoms. The molecule has 0 spiro atoms. The molecule has 1 N–H and O–H groups in total. The number of halogens is 1. The summed E-state index contributed by atoms with van der Waals surface area (Å²) in [6.45, 7) is 2.59. The summed E-state index contributed by atoms with van der Waals surface area (Å²) in [6.07, 6.45) is 2.49. The zero-order valence-corrected chi connectivity index (χ0v) is 15.5. The second-order valence-electron chi connectivity index (χ2n) is 4.92. The van der Waals surface area contributed by atoms with Gasteiger partial charge in [0.05, 0.1) is 12.8 Å². The minimum absolute atomic E-state index is 0.0914. The molecule has 0 aromatic heterocycles. The van der Waals surface area contributed by atoms with Gasteiger partial charge in [-0.2, -0.15) is 5.10 Å². The zero-order valence-electron chi connectivity index (χ0n) is 13.4. The van der Waals surface area contributed by atoms with Crippen LogP contribution in [0.4, 0.5) is 0 Å². The molecule has 0 atom stereocenters. The summed E-state index contributed by atoms with van der Waals surface area (Å²) in [6, 6.07) is 15.0. The summed E-state index contributed by atoms with van der Waals surface area (Å²) in [5.41, 5.74) is 3.25. The maximum Gasteiger partial charge on any atom is 0.277 e. The Morgan fingerprint density at radius 3 is 2.67 bits per heavy atom. The second kappa shape index (κ2) is 9.92. The van der Waals surface area contributed by atoms with Crippen LogP contribution in [0.25, 0.3) is 0 Å². The van der Waals surface area contributed by atoms with Crippen molar-refractivity contribution in [3.05, 3.63) is 57.7 Å². The minimum atomic E-state index is -0.322. The fraction of sp³-hybridized carbons (Fsp3) is 0.222. The number of rotatable bonds is 8. The van der Waals surface area contributed by atoms with Crippen molar-refractivity contribution in [1.29, 1.82) is 0 Å². The first kappa shape index (κ1) is 18.3. The standard InChI is InChI=1S/C18H19IN2O3/c1-2-11-23-17-6-4-3-5-14(17)12-20-21-18(22)13-24-16-9-7-15(19)8-10-16/h3-10,12H,2,11,13H2,1H3,(H,21,22)/b20-12+. The van der Waals surface area contributed by atoms with E-state index in [0.717, 1.165) is 21.3 Å². The molecule has 0 unspecified atom stereocenters. The van der Waals surface area contributed by atoms with Crippen molar-refractivity contribution in [3.8, 4) is 11.5 Å². The number of ether oxygens (including phenoxy) is 2. The number of carbonyl (C=O) groups is 1. The van der Waals surface area contributed by atoms with E-state index in [0.29, 0.717) is 12.4 Å². The van der Waals surface area contributed by atoms with Gasteiger partial charge in [-0.3, -0.25) is 4.79 Å². The zero-order chi connectivity index (χ0) is 17.2. The predicted molar refractivity (Wildman–Crippen MR) is 103 cm³/mol. The molecule has 2 aromatic carbocycles. The summed E-state index contributed by atoms with van der Waals surface area (Å²) in [7, 11) is 0. The van der Waals surface area contributed by atoms with Gasteiger partial charge in [0.25, 0.3) is 5.91 Å². The lowest BCUT2D eigenvalue weighted by molar-refractivity contribution is -0.123. The number of amides is 1. The lowest BCUT2D eigenvalue weighted by atomic mass is 10.2. The first-order valence-corrected chi connectivity index (χ1v) is 8.69. The van der Waals surface area contributed by atoms with E-state index in [1.807, 2.05) is 55.5 Å². The first-order valence-electron chi connectivity index (χ1n) is 7.61. The van der Waals surface area contributed by atoms with Crippen molar-refractivity contribution in [2.45, 2.75) is 13.3 Å². The quantitative estimate of drug-likeness (QED) is 0.389. The lowest BCUT2D eigenvalue weighted by Gasteiger charge is -2.07. The highest BCUT2D eigenvalue weighted by molar-refractivity contribution is 14.1. The number of nitrogens with one attached hydrogen (secondary N) is 1. The number of hydrogen-bond donors (Lipinski definition) is 1. The first-order chi connectivity index (χ1) is 11.7. The number of para-hydroxylation sites is 1. The average Bonchev–Trinajstić information content (AvgIpc) is 2.60. The van der Waals surface area contributed by atoms with Crippen LogP contribution in [-0.4, -0.2) is 25.3 Å². The number of carbonyl (C=O) groups excluding carboxylic acids is 1. The van der Waals surface area contributed by atoms with Gasteiger partial charge in [0.15, 0.2) is 6.61 Å². The Kier molecular flexibility index (Phi) is 7.54. The molecular formula is C18H19IN2O3. The Balaban J connectivity index is 1.82. The molecule has 0 saturated carbocycles. The monoisotopic (exact) mass is 438 g/mol. The fourth-order valence-corrected chi connectivity index (χ4v) is 2.18. The molecule has 24 heavy (non-hydrogen) atoms. The molecule has 1 amide bonds. The molecule has 0 fully saturated rings. The Hall–Kier alpha value is -2.09. The molecule has 6 heteroatoms. The predicted octanol–water partition coefficient (Wildman–Crippen LogP) is 3.61. The van der Waals surface area contributed by atoms with E-state index >= 15 is 0 Å². The van der Waals surface area contributed by atoms with E-state index in [4.69, 9.17) is 9.47 Å². The summed E-state index contributed by atoms with van der Waals surface area (Å²) in [4.78, 5) is 11.7. The van der Waals surface area contributed by atoms with Crippen LogP contribution >= 0.6 is 22.6 Å². The maximum absolute atomic E-state index is 11.7. The molecule has 0 aliphatic rings. The van der Waals surface area contributed by atoms with Gasteiger partial charge >= 0.3 is 0 Å². The summed E-state index contributed by atoms with van der Waals surface area (Å²) < 4.78 is 12.1. The molecule has 0 radical (unpaired) electrons. The van der Waals surface area contributed by atoms with Crippen LogP contribution < -0.4 is 14.9 Å². The van der Waals surface area contributed by atoms with Crippen molar-refractivity contribution in [2.24, 2.45) is 5.10 Å². The van der Waals surface area contributed by atoms with E-state index in [2.05, 4.69) is 33.1 Å². The Labute approximate surface area is 155 Å². The van der Waals surface area contributed by atoms with Crippen molar-refractivity contribution in [1.82, 2.24) is 5.43 Å². The van der Waals surface area contributed by atoms with Gasteiger partial charge in [0, 0.05) is 9.13 Å². The van der Waals surface area contributed by atoms with Crippen molar-refractivity contribution in [2.75, 3.05) is 13.2 Å². The fourth-order valence-electron chi connectivity index (χ4n) is 1.82. The Morgan fingerprint density at radius 2 is 1.92 bits per heavy atom. The van der Waals surface area contributed by atoms with Crippen LogP contribution in [-0.2, 0) is 4.79 Å². The molecule has 2 rings (SSSR count). The third-order valence-corrected chi connectivity index (χ3v) is 3.68. The molecule has 0 heterocycles. The third-order valence-electron chi connectivity index (χ3n) is 2.96. The molecular weight excluding hydrogens is 419 g/mol. The Bertz CT molecular complexity index is 687. The van der Waals surface area contributed by atoms with Gasteiger partial charge in [0.1, 0.15) is 11.5 Å². The minimum Gasteiger partial charge on any atom is -0.493 e. The highest BCUT2D eigenvalue weighted by Gasteiger charge is 2.03. The van der Waals surface area contributed by atoms with Gasteiger partial charge in [0.2, 0.25) is 0 Å². The summed E-state index contributed by atoms with van der Waals surface area (Å²) in [5.74, 6) is 1.07. The van der Waals surface area contributed by atoms with Gasteiger partial charge in [-0.05, 0) is 65.4 Å². The highest BCUT2D eigenvalue weighted by atomic mass is 127. The molecule has 2 aromatic rings. The van der Waals surface area contributed by atoms with Gasteiger partial charge < -0.3 is 9.47 Å². The van der Waals surface area contributed by atoms with E-state index in [9.17, 15) is 4.79 Å². The largest absolute Gasteiger partial charge is 0.493 e. The van der Waals surface area contributed by atoms with Crippen molar-refractivity contribution in [3.63, 3.8) is 0 Å². The Morgan fingerprint density at radius 1 is 1.17 bits per heavy atom. The van der Waals surface area contributed by atoms with Crippen LogP contribution in [0.5, 0.6) is 11.5 Å². The topological polar surface area (TPSA) is 59.9 Å². The van der Waals surface area contributed by atoms with Crippen LogP contribution in [0.3, 0.4) is 0 Å². The van der Waals surface area contributed by atoms with Crippen LogP contribution in [0, 0.1) is 3.57 Å². The van der Waals surface area contributed by atoms with Crippen molar-refractivity contribution >= 4 is 34.7 Å². The molecule has 126 valence electrons. The molecule has 0 saturated heterocycles. The van der Waals surface area contributed by atoms with Crippen LogP contribution in [0.15, 0.2) is 53.6 Å². The van der Waals surface area contributed by atoms with Crippen LogP contribution in [0.2, 0.25) is 0 Å². The number of benzene rings is 2. The van der Waals surface area contributed by atoms with Gasteiger partial charge in [-0.1, -0.05) is 19.1 Å². The van der Waals surface area contributed by atoms with Crippen LogP contribution in [0.1, 0.15) is 18.9 Å². The smallest absolute Gasteiger partial charge is 0.277 e. The summed E-state index contributed by atoms with van der Waals surface area (Å²) in [5, 5.41) is 3.95. The molecule has 0 aliphatic carbocycles. The second-order valence-corrected chi connectivity index (χ2v) is 6.17. The third kappa shape index (κ3) is 6.19. The van der Waals surface area contributed by atoms with E-state index in [1.54, 1.807) is 6.21 Å². The van der Waals surface area contributed by atoms with Crippen molar-refractivity contribution < 1.29 is 14.3 Å². The molecule has 5 nitrogen and oxygen atoms in total. The van der Waals surface area contributed by atoms with E-state index < -0.39 is 0 Å². The lowest BCUT2D eigenvalue weighted by Crippen LogP contribution is -2.24. The van der Waals surface area contributed by atoms with Gasteiger partial charge in [-0.25, -0.2) is 5.43 Å². The number of hydrazone groups is 1. The maximum atomic E-state index is 11.7. The van der Waals surface area contributed by atoms with Gasteiger partial charge in [-0.15, -0.1) is 0 Å². The average molecular weight is 438 g/mol. The SMILES string of the molecule is CCCOc1ccccc1/C=N/NC(=O)COc1ccc(I)cc1. The van der Waals surface area contributed by atoms with E-state index in [-0.39, 0.29) is 12.5 Å². The number of nitrogens with zero attached hydrogens (tertiary/aromatic N) is 1. The number of hydrogen-bond acceptors (Lipinski definition) is 4. The highest BCUT2D eigenvalue weighted by Crippen LogP contribution is 2.16. The normalized spacial score (nSPS) is 10.6. The summed E-state index contributed by atoms with van der Waals surface area (Å²) >= 11 is 2.21. The molecule has 0 aliphatic heterocycles. The van der Waals surface area contributed by atoms with E-state index in [1.165, 1.54) is 0 Å².